The molecule has 8 heteroatoms. The van der Waals surface area contributed by atoms with Crippen molar-refractivity contribution in [3.05, 3.63) is 59.6 Å². The lowest BCUT2D eigenvalue weighted by Gasteiger charge is -2.33. The first-order valence-electron chi connectivity index (χ1n) is 9.01. The van der Waals surface area contributed by atoms with Crippen molar-refractivity contribution in [1.29, 1.82) is 0 Å². The van der Waals surface area contributed by atoms with Gasteiger partial charge in [-0.25, -0.2) is 4.98 Å². The number of rotatable bonds is 4. The number of fused-ring (bicyclic) bond motifs is 1. The molecule has 144 valence electrons. The van der Waals surface area contributed by atoms with Gasteiger partial charge < -0.3 is 14.6 Å². The highest BCUT2D eigenvalue weighted by Crippen LogP contribution is 2.21. The monoisotopic (exact) mass is 398 g/mol. The van der Waals surface area contributed by atoms with Gasteiger partial charge in [0, 0.05) is 37.8 Å². The molecule has 2 aromatic heterocycles. The van der Waals surface area contributed by atoms with Crippen LogP contribution < -0.4 is 5.32 Å². The minimum absolute atomic E-state index is 0.123. The molecule has 2 amide bonds. The second-order valence-electron chi connectivity index (χ2n) is 6.61. The summed E-state index contributed by atoms with van der Waals surface area (Å²) in [4.78, 5) is 32.6. The maximum atomic E-state index is 12.7. The van der Waals surface area contributed by atoms with Crippen molar-refractivity contribution in [1.82, 2.24) is 14.8 Å². The number of furan rings is 1. The highest BCUT2D eigenvalue weighted by Gasteiger charge is 2.25. The van der Waals surface area contributed by atoms with E-state index in [0.29, 0.717) is 43.2 Å². The molecule has 0 unspecified atom stereocenters. The third-order valence-electron chi connectivity index (χ3n) is 4.70. The molecule has 1 N–H and O–H groups in total. The minimum atomic E-state index is -0.160. The lowest BCUT2D eigenvalue weighted by molar-refractivity contribution is -0.117. The summed E-state index contributed by atoms with van der Waals surface area (Å²) in [6.07, 6.45) is 1.57. The predicted octanol–water partition coefficient (Wildman–Crippen LogP) is 2.88. The van der Waals surface area contributed by atoms with Crippen LogP contribution in [0.25, 0.3) is 11.0 Å². The van der Waals surface area contributed by atoms with Gasteiger partial charge in [0.1, 0.15) is 5.58 Å². The van der Waals surface area contributed by atoms with Crippen molar-refractivity contribution in [2.24, 2.45) is 0 Å². The zero-order chi connectivity index (χ0) is 19.5. The fraction of sp³-hybridized carbons (Fsp3) is 0.250. The second-order valence-corrected chi connectivity index (χ2v) is 6.96. The van der Waals surface area contributed by atoms with E-state index in [1.54, 1.807) is 29.3 Å². The SMILES string of the molecule is O=C(CN1CCN(C(=O)c2cc3ccccc3o2)CC1)Nc1cccnc1Cl. The molecule has 1 aromatic carbocycles. The Morgan fingerprint density at radius 3 is 2.64 bits per heavy atom. The zero-order valence-electron chi connectivity index (χ0n) is 15.1. The molecule has 1 aliphatic rings. The fourth-order valence-corrected chi connectivity index (χ4v) is 3.39. The van der Waals surface area contributed by atoms with Crippen molar-refractivity contribution in [3.63, 3.8) is 0 Å². The summed E-state index contributed by atoms with van der Waals surface area (Å²) in [7, 11) is 0. The Bertz CT molecular complexity index is 978. The van der Waals surface area contributed by atoms with E-state index < -0.39 is 0 Å². The second kappa shape index (κ2) is 8.00. The number of hydrogen-bond donors (Lipinski definition) is 1. The molecular formula is C20H19ClN4O3. The van der Waals surface area contributed by atoms with Gasteiger partial charge in [-0.2, -0.15) is 0 Å². The highest BCUT2D eigenvalue weighted by molar-refractivity contribution is 6.32. The Hall–Kier alpha value is -2.90. The summed E-state index contributed by atoms with van der Waals surface area (Å²) in [5.74, 6) is 0.0630. The van der Waals surface area contributed by atoms with Gasteiger partial charge in [-0.3, -0.25) is 14.5 Å². The lowest BCUT2D eigenvalue weighted by Crippen LogP contribution is -2.50. The van der Waals surface area contributed by atoms with Gasteiger partial charge in [0.2, 0.25) is 5.91 Å². The average molecular weight is 399 g/mol. The third kappa shape index (κ3) is 4.00. The van der Waals surface area contributed by atoms with E-state index in [1.165, 1.54) is 0 Å². The van der Waals surface area contributed by atoms with Crippen LogP contribution in [0, 0.1) is 0 Å². The number of hydrogen-bond acceptors (Lipinski definition) is 5. The first-order valence-corrected chi connectivity index (χ1v) is 9.38. The number of pyridine rings is 1. The molecule has 0 radical (unpaired) electrons. The maximum absolute atomic E-state index is 12.7. The number of nitrogens with one attached hydrogen (secondary N) is 1. The van der Waals surface area contributed by atoms with E-state index in [4.69, 9.17) is 16.0 Å². The Morgan fingerprint density at radius 1 is 1.11 bits per heavy atom. The number of anilines is 1. The molecule has 3 heterocycles. The van der Waals surface area contributed by atoms with Crippen LogP contribution in [0.15, 0.2) is 53.1 Å². The fourth-order valence-electron chi connectivity index (χ4n) is 3.22. The number of carbonyl (C=O) groups excluding carboxylic acids is 2. The summed E-state index contributed by atoms with van der Waals surface area (Å²) in [6, 6.07) is 12.7. The van der Waals surface area contributed by atoms with Crippen LogP contribution in [0.1, 0.15) is 10.6 Å². The molecule has 3 aromatic rings. The summed E-state index contributed by atoms with van der Waals surface area (Å²) < 4.78 is 5.66. The van der Waals surface area contributed by atoms with Crippen LogP contribution in [0.5, 0.6) is 0 Å². The topological polar surface area (TPSA) is 78.7 Å². The van der Waals surface area contributed by atoms with Gasteiger partial charge in [0.25, 0.3) is 5.91 Å². The molecule has 1 fully saturated rings. The Labute approximate surface area is 166 Å². The van der Waals surface area contributed by atoms with E-state index >= 15 is 0 Å². The van der Waals surface area contributed by atoms with E-state index in [1.807, 2.05) is 29.2 Å². The minimum Gasteiger partial charge on any atom is -0.451 e. The van der Waals surface area contributed by atoms with Gasteiger partial charge in [-0.15, -0.1) is 0 Å². The first kappa shape index (κ1) is 18.5. The molecule has 0 spiro atoms. The van der Waals surface area contributed by atoms with Gasteiger partial charge in [-0.1, -0.05) is 29.8 Å². The summed E-state index contributed by atoms with van der Waals surface area (Å²) in [5, 5.41) is 3.94. The highest BCUT2D eigenvalue weighted by atomic mass is 35.5. The average Bonchev–Trinajstić information content (AvgIpc) is 3.14. The predicted molar refractivity (Wildman–Crippen MR) is 106 cm³/mol. The van der Waals surface area contributed by atoms with Crippen LogP contribution in [0.2, 0.25) is 5.15 Å². The first-order chi connectivity index (χ1) is 13.6. The van der Waals surface area contributed by atoms with E-state index in [-0.39, 0.29) is 23.5 Å². The van der Waals surface area contributed by atoms with E-state index in [0.717, 1.165) is 5.39 Å². The normalized spacial score (nSPS) is 15.0. The number of nitrogens with zero attached hydrogens (tertiary/aromatic N) is 3. The molecule has 0 saturated carbocycles. The largest absolute Gasteiger partial charge is 0.451 e. The quantitative estimate of drug-likeness (QED) is 0.684. The zero-order valence-corrected chi connectivity index (χ0v) is 15.9. The molecular weight excluding hydrogens is 380 g/mol. The van der Waals surface area contributed by atoms with Crippen molar-refractivity contribution < 1.29 is 14.0 Å². The lowest BCUT2D eigenvalue weighted by atomic mass is 10.2. The van der Waals surface area contributed by atoms with Crippen LogP contribution >= 0.6 is 11.6 Å². The Balaban J connectivity index is 1.31. The summed E-state index contributed by atoms with van der Waals surface area (Å²) in [5.41, 5.74) is 1.20. The van der Waals surface area contributed by atoms with Gasteiger partial charge in [0.05, 0.1) is 12.2 Å². The molecule has 1 saturated heterocycles. The van der Waals surface area contributed by atoms with Crippen molar-refractivity contribution in [3.8, 4) is 0 Å². The van der Waals surface area contributed by atoms with Crippen LogP contribution in [-0.4, -0.2) is 59.3 Å². The Kier molecular flexibility index (Phi) is 5.27. The van der Waals surface area contributed by atoms with E-state index in [9.17, 15) is 9.59 Å². The Morgan fingerprint density at radius 2 is 1.89 bits per heavy atom. The number of benzene rings is 1. The number of para-hydroxylation sites is 1. The van der Waals surface area contributed by atoms with Crippen LogP contribution in [-0.2, 0) is 4.79 Å². The van der Waals surface area contributed by atoms with E-state index in [2.05, 4.69) is 10.3 Å². The van der Waals surface area contributed by atoms with Crippen molar-refractivity contribution in [2.75, 3.05) is 38.0 Å². The number of piperazine rings is 1. The number of carbonyl (C=O) groups is 2. The van der Waals surface area contributed by atoms with Crippen molar-refractivity contribution >= 4 is 40.1 Å². The third-order valence-corrected chi connectivity index (χ3v) is 5.00. The molecule has 28 heavy (non-hydrogen) atoms. The summed E-state index contributed by atoms with van der Waals surface area (Å²) in [6.45, 7) is 2.53. The van der Waals surface area contributed by atoms with Gasteiger partial charge in [0.15, 0.2) is 10.9 Å². The molecule has 0 bridgehead atoms. The standard InChI is InChI=1S/C20H19ClN4O3/c21-19-15(5-3-7-22-19)23-18(26)13-24-8-10-25(11-9-24)20(27)17-12-14-4-1-2-6-16(14)28-17/h1-7,12H,8-11,13H2,(H,23,26). The van der Waals surface area contributed by atoms with Crippen molar-refractivity contribution in [2.45, 2.75) is 0 Å². The number of halogens is 1. The molecule has 1 aliphatic heterocycles. The number of aromatic nitrogens is 1. The molecule has 7 nitrogen and oxygen atoms in total. The maximum Gasteiger partial charge on any atom is 0.289 e. The van der Waals surface area contributed by atoms with Gasteiger partial charge in [-0.05, 0) is 24.3 Å². The van der Waals surface area contributed by atoms with Crippen LogP contribution in [0.4, 0.5) is 5.69 Å². The van der Waals surface area contributed by atoms with Gasteiger partial charge >= 0.3 is 0 Å². The molecule has 0 aliphatic carbocycles. The summed E-state index contributed by atoms with van der Waals surface area (Å²) >= 11 is 5.96. The number of amides is 2. The molecule has 0 atom stereocenters. The van der Waals surface area contributed by atoms with Crippen LogP contribution in [0.3, 0.4) is 0 Å². The molecule has 4 rings (SSSR count). The smallest absolute Gasteiger partial charge is 0.289 e.